The molecule has 0 saturated heterocycles. The van der Waals surface area contributed by atoms with Gasteiger partial charge < -0.3 is 5.32 Å². The summed E-state index contributed by atoms with van der Waals surface area (Å²) in [5, 5.41) is 15.8. The lowest BCUT2D eigenvalue weighted by molar-refractivity contribution is 0.623. The molecule has 0 spiro atoms. The lowest BCUT2D eigenvalue weighted by Crippen LogP contribution is -2.05. The third-order valence-electron chi connectivity index (χ3n) is 1.61. The van der Waals surface area contributed by atoms with Crippen molar-refractivity contribution >= 4 is 21.7 Å². The Balaban J connectivity index is 2.05. The van der Waals surface area contributed by atoms with Gasteiger partial charge in [0, 0.05) is 10.7 Å². The van der Waals surface area contributed by atoms with Gasteiger partial charge in [0.1, 0.15) is 0 Å². The molecule has 8 heteroatoms. The highest BCUT2D eigenvalue weighted by atomic mass is 79.9. The number of pyridine rings is 1. The van der Waals surface area contributed by atoms with Gasteiger partial charge in [-0.05, 0) is 22.0 Å². The molecule has 0 bridgehead atoms. The second kappa shape index (κ2) is 4.30. The number of rotatable bonds is 3. The molecule has 0 unspecified atom stereocenters. The maximum atomic E-state index is 13.3. The summed E-state index contributed by atoms with van der Waals surface area (Å²) in [7, 11) is 0. The lowest BCUT2D eigenvalue weighted by atomic mass is 10.4. The first-order valence-electron chi connectivity index (χ1n) is 4.03. The van der Waals surface area contributed by atoms with E-state index in [4.69, 9.17) is 0 Å². The molecule has 78 valence electrons. The van der Waals surface area contributed by atoms with Crippen molar-refractivity contribution in [2.24, 2.45) is 0 Å². The fourth-order valence-corrected chi connectivity index (χ4v) is 1.27. The zero-order valence-electron chi connectivity index (χ0n) is 7.41. The van der Waals surface area contributed by atoms with Crippen LogP contribution in [-0.4, -0.2) is 25.6 Å². The van der Waals surface area contributed by atoms with Crippen molar-refractivity contribution < 1.29 is 4.39 Å². The van der Waals surface area contributed by atoms with Crippen molar-refractivity contribution in [2.45, 2.75) is 6.54 Å². The summed E-state index contributed by atoms with van der Waals surface area (Å²) in [6, 6.07) is 1.32. The van der Waals surface area contributed by atoms with E-state index >= 15 is 0 Å². The fourth-order valence-electron chi connectivity index (χ4n) is 0.965. The predicted octanol–water partition coefficient (Wildman–Crippen LogP) is 1.11. The third kappa shape index (κ3) is 2.46. The molecule has 2 heterocycles. The minimum absolute atomic E-state index is 0.156. The van der Waals surface area contributed by atoms with Crippen molar-refractivity contribution in [1.29, 1.82) is 0 Å². The molecule has 0 aromatic carbocycles. The highest BCUT2D eigenvalue weighted by molar-refractivity contribution is 9.10. The Morgan fingerprint density at radius 2 is 2.40 bits per heavy atom. The van der Waals surface area contributed by atoms with Crippen molar-refractivity contribution in [1.82, 2.24) is 25.6 Å². The van der Waals surface area contributed by atoms with E-state index in [1.807, 2.05) is 0 Å². The summed E-state index contributed by atoms with van der Waals surface area (Å²) in [6.07, 6.45) is 1.50. The highest BCUT2D eigenvalue weighted by Gasteiger charge is 2.05. The Morgan fingerprint density at radius 1 is 1.53 bits per heavy atom. The smallest absolute Gasteiger partial charge is 0.193 e. The average Bonchev–Trinajstić information content (AvgIpc) is 2.69. The molecule has 0 fully saturated rings. The van der Waals surface area contributed by atoms with Gasteiger partial charge in [-0.3, -0.25) is 0 Å². The molecule has 0 aliphatic carbocycles. The van der Waals surface area contributed by atoms with Gasteiger partial charge in [-0.1, -0.05) is 5.21 Å². The fraction of sp³-hybridized carbons (Fsp3) is 0.143. The number of tetrazole rings is 1. The van der Waals surface area contributed by atoms with Gasteiger partial charge in [0.2, 0.25) is 0 Å². The van der Waals surface area contributed by atoms with Gasteiger partial charge >= 0.3 is 0 Å². The quantitative estimate of drug-likeness (QED) is 0.875. The largest absolute Gasteiger partial charge is 0.360 e. The molecule has 2 rings (SSSR count). The molecule has 2 aromatic rings. The maximum Gasteiger partial charge on any atom is 0.193 e. The van der Waals surface area contributed by atoms with Crippen LogP contribution in [0.25, 0.3) is 0 Å². The number of nitrogens with zero attached hydrogens (tertiary/aromatic N) is 4. The van der Waals surface area contributed by atoms with Gasteiger partial charge in [-0.25, -0.2) is 9.37 Å². The van der Waals surface area contributed by atoms with E-state index in [1.54, 1.807) is 0 Å². The summed E-state index contributed by atoms with van der Waals surface area (Å²) in [4.78, 5) is 3.86. The van der Waals surface area contributed by atoms with E-state index in [9.17, 15) is 4.39 Å². The summed E-state index contributed by atoms with van der Waals surface area (Å²) in [5.41, 5.74) is 0. The Hall–Kier alpha value is -1.57. The number of aromatic nitrogens is 5. The molecule has 2 N–H and O–H groups in total. The second-order valence-corrected chi connectivity index (χ2v) is 3.58. The zero-order valence-corrected chi connectivity index (χ0v) is 8.99. The SMILES string of the molecule is Fc1cc(Br)cnc1NCc1nn[nH]n1. The molecular formula is C7H6BrFN6. The first-order valence-corrected chi connectivity index (χ1v) is 4.82. The molecular weight excluding hydrogens is 267 g/mol. The highest BCUT2D eigenvalue weighted by Crippen LogP contribution is 2.16. The van der Waals surface area contributed by atoms with Gasteiger partial charge in [0.15, 0.2) is 17.5 Å². The van der Waals surface area contributed by atoms with Crippen LogP contribution in [0.1, 0.15) is 5.82 Å². The van der Waals surface area contributed by atoms with Crippen LogP contribution in [-0.2, 0) is 6.54 Å². The molecule has 0 aliphatic heterocycles. The van der Waals surface area contributed by atoms with Crippen molar-refractivity contribution in [3.8, 4) is 0 Å². The van der Waals surface area contributed by atoms with Gasteiger partial charge in [0.05, 0.1) is 6.54 Å². The first-order chi connectivity index (χ1) is 7.25. The maximum absolute atomic E-state index is 13.3. The zero-order chi connectivity index (χ0) is 10.7. The number of hydrogen-bond acceptors (Lipinski definition) is 5. The molecule has 0 atom stereocenters. The molecule has 6 nitrogen and oxygen atoms in total. The first kappa shape index (κ1) is 9.97. The lowest BCUT2D eigenvalue weighted by Gasteiger charge is -2.03. The van der Waals surface area contributed by atoms with Crippen LogP contribution in [0.5, 0.6) is 0 Å². The molecule has 0 radical (unpaired) electrons. The Labute approximate surface area is 92.4 Å². The van der Waals surface area contributed by atoms with E-state index in [1.165, 1.54) is 12.3 Å². The number of nitrogens with one attached hydrogen (secondary N) is 2. The van der Waals surface area contributed by atoms with E-state index < -0.39 is 5.82 Å². The number of halogens is 2. The molecule has 0 amide bonds. The molecule has 0 saturated carbocycles. The molecule has 0 aliphatic rings. The van der Waals surface area contributed by atoms with Gasteiger partial charge in [0.25, 0.3) is 0 Å². The van der Waals surface area contributed by atoms with Crippen LogP contribution >= 0.6 is 15.9 Å². The van der Waals surface area contributed by atoms with E-state index in [0.29, 0.717) is 10.3 Å². The van der Waals surface area contributed by atoms with Crippen molar-refractivity contribution in [2.75, 3.05) is 5.32 Å². The van der Waals surface area contributed by atoms with Crippen LogP contribution < -0.4 is 5.32 Å². The van der Waals surface area contributed by atoms with E-state index in [0.717, 1.165) is 0 Å². The van der Waals surface area contributed by atoms with Crippen LogP contribution in [0.3, 0.4) is 0 Å². The van der Waals surface area contributed by atoms with Gasteiger partial charge in [-0.2, -0.15) is 5.21 Å². The van der Waals surface area contributed by atoms with E-state index in [-0.39, 0.29) is 12.4 Å². The number of hydrogen-bond donors (Lipinski definition) is 2. The Bertz CT molecular complexity index is 445. The summed E-state index contributed by atoms with van der Waals surface area (Å²) >= 11 is 3.12. The number of H-pyrrole nitrogens is 1. The minimum Gasteiger partial charge on any atom is -0.360 e. The monoisotopic (exact) mass is 272 g/mol. The van der Waals surface area contributed by atoms with Crippen molar-refractivity contribution in [3.63, 3.8) is 0 Å². The third-order valence-corrected chi connectivity index (χ3v) is 2.04. The summed E-state index contributed by atoms with van der Waals surface area (Å²) < 4.78 is 13.8. The normalized spacial score (nSPS) is 10.3. The Morgan fingerprint density at radius 3 is 3.07 bits per heavy atom. The van der Waals surface area contributed by atoms with Crippen LogP contribution in [0, 0.1) is 5.82 Å². The van der Waals surface area contributed by atoms with E-state index in [2.05, 4.69) is 46.9 Å². The van der Waals surface area contributed by atoms with Crippen LogP contribution in [0.2, 0.25) is 0 Å². The standard InChI is InChI=1S/C7H6BrFN6/c8-4-1-5(9)7(10-2-4)11-3-6-12-14-15-13-6/h1-2H,3H2,(H,10,11)(H,12,13,14,15). The average molecular weight is 273 g/mol. The topological polar surface area (TPSA) is 79.4 Å². The molecule has 15 heavy (non-hydrogen) atoms. The predicted molar refractivity (Wildman–Crippen MR) is 53.4 cm³/mol. The van der Waals surface area contributed by atoms with Crippen molar-refractivity contribution in [3.05, 3.63) is 28.4 Å². The van der Waals surface area contributed by atoms with Gasteiger partial charge in [-0.15, -0.1) is 10.2 Å². The molecule has 2 aromatic heterocycles. The Kier molecular flexibility index (Phi) is 2.86. The summed E-state index contributed by atoms with van der Waals surface area (Å²) in [5.74, 6) is 0.162. The number of aromatic amines is 1. The number of anilines is 1. The minimum atomic E-state index is -0.437. The summed E-state index contributed by atoms with van der Waals surface area (Å²) in [6.45, 7) is 0.266. The van der Waals surface area contributed by atoms with Crippen LogP contribution in [0.15, 0.2) is 16.7 Å². The van der Waals surface area contributed by atoms with Crippen LogP contribution in [0.4, 0.5) is 10.2 Å². The second-order valence-electron chi connectivity index (χ2n) is 2.67.